The van der Waals surface area contributed by atoms with Gasteiger partial charge in [0.25, 0.3) is 0 Å². The van der Waals surface area contributed by atoms with E-state index in [1.807, 2.05) is 4.90 Å². The average molecular weight is 383 g/mol. The van der Waals surface area contributed by atoms with Gasteiger partial charge in [-0.3, -0.25) is 9.69 Å². The summed E-state index contributed by atoms with van der Waals surface area (Å²) in [5.74, 6) is 0.0681. The Balaban J connectivity index is 1.56. The highest BCUT2D eigenvalue weighted by molar-refractivity contribution is 5.86. The van der Waals surface area contributed by atoms with E-state index in [2.05, 4.69) is 4.90 Å². The van der Waals surface area contributed by atoms with Gasteiger partial charge in [-0.05, 0) is 37.0 Å². The Bertz CT molecular complexity index is 639. The number of nitrogens with zero attached hydrogens (tertiary/aromatic N) is 2. The summed E-state index contributed by atoms with van der Waals surface area (Å²) in [5.41, 5.74) is 5.91. The minimum absolute atomic E-state index is 0.0681. The first kappa shape index (κ1) is 20.1. The van der Waals surface area contributed by atoms with Gasteiger partial charge < -0.3 is 10.6 Å². The summed E-state index contributed by atoms with van der Waals surface area (Å²) in [4.78, 5) is 17.0. The first-order valence-electron chi connectivity index (χ1n) is 9.75. The first-order valence-corrected chi connectivity index (χ1v) is 9.75. The van der Waals surface area contributed by atoms with Crippen molar-refractivity contribution in [1.82, 2.24) is 9.80 Å². The molecule has 1 saturated heterocycles. The molecule has 0 unspecified atom stereocenters. The zero-order chi connectivity index (χ0) is 19.5. The Kier molecular flexibility index (Phi) is 6.11. The van der Waals surface area contributed by atoms with Gasteiger partial charge in [-0.15, -0.1) is 0 Å². The Hall–Kier alpha value is -1.60. The number of carbonyl (C=O) groups excluding carboxylic acids is 1. The van der Waals surface area contributed by atoms with Crippen LogP contribution in [-0.4, -0.2) is 47.4 Å². The lowest BCUT2D eigenvalue weighted by Gasteiger charge is -2.36. The second-order valence-electron chi connectivity index (χ2n) is 7.83. The Labute approximate surface area is 158 Å². The summed E-state index contributed by atoms with van der Waals surface area (Å²) in [6, 6.07) is 5.33. The smallest absolute Gasteiger partial charge is 0.340 e. The summed E-state index contributed by atoms with van der Waals surface area (Å²) in [5, 5.41) is 0. The van der Waals surface area contributed by atoms with Crippen LogP contribution in [0.1, 0.15) is 49.7 Å². The summed E-state index contributed by atoms with van der Waals surface area (Å²) >= 11 is 0. The van der Waals surface area contributed by atoms with Crippen molar-refractivity contribution in [2.24, 2.45) is 5.73 Å². The molecule has 3 rings (SSSR count). The molecule has 0 spiro atoms. The molecular weight excluding hydrogens is 355 g/mol. The van der Waals surface area contributed by atoms with Crippen molar-refractivity contribution >= 4 is 5.91 Å². The van der Waals surface area contributed by atoms with Gasteiger partial charge in [-0.2, -0.15) is 13.2 Å². The minimum atomic E-state index is -4.31. The molecule has 0 radical (unpaired) electrons. The fourth-order valence-corrected chi connectivity index (χ4v) is 4.10. The van der Waals surface area contributed by atoms with Gasteiger partial charge >= 0.3 is 6.18 Å². The van der Waals surface area contributed by atoms with E-state index in [4.69, 9.17) is 5.73 Å². The minimum Gasteiger partial charge on any atom is -0.340 e. The molecule has 1 aliphatic carbocycles. The standard InChI is InChI=1S/C20H28F3N3O/c21-20(22,23)17-7-5-16(6-8-17)15-25-11-4-12-26(14-13-25)18(27)19(24)9-2-1-3-10-19/h5-8H,1-4,9-15,24H2. The van der Waals surface area contributed by atoms with E-state index in [1.54, 1.807) is 0 Å². The molecule has 0 bridgehead atoms. The first-order chi connectivity index (χ1) is 12.8. The van der Waals surface area contributed by atoms with Crippen LogP contribution in [-0.2, 0) is 17.5 Å². The molecule has 0 atom stereocenters. The average Bonchev–Trinajstić information content (AvgIpc) is 2.87. The maximum Gasteiger partial charge on any atom is 0.416 e. The molecular formula is C20H28F3N3O. The molecule has 4 nitrogen and oxygen atoms in total. The van der Waals surface area contributed by atoms with Crippen LogP contribution in [0.3, 0.4) is 0 Å². The summed E-state index contributed by atoms with van der Waals surface area (Å²) in [7, 11) is 0. The molecule has 150 valence electrons. The van der Waals surface area contributed by atoms with E-state index >= 15 is 0 Å². The van der Waals surface area contributed by atoms with Gasteiger partial charge in [0, 0.05) is 32.7 Å². The third-order valence-electron chi connectivity index (χ3n) is 5.73. The molecule has 1 aromatic carbocycles. The number of carbonyl (C=O) groups is 1. The van der Waals surface area contributed by atoms with E-state index in [0.29, 0.717) is 26.2 Å². The second-order valence-corrected chi connectivity index (χ2v) is 7.83. The third kappa shape index (κ3) is 5.02. The number of rotatable bonds is 3. The number of hydrogen-bond donors (Lipinski definition) is 1. The lowest BCUT2D eigenvalue weighted by molar-refractivity contribution is -0.138. The Morgan fingerprint density at radius 1 is 0.963 bits per heavy atom. The van der Waals surface area contributed by atoms with Crippen molar-refractivity contribution in [1.29, 1.82) is 0 Å². The van der Waals surface area contributed by atoms with Crippen molar-refractivity contribution in [2.75, 3.05) is 26.2 Å². The van der Waals surface area contributed by atoms with Crippen molar-refractivity contribution in [3.8, 4) is 0 Å². The second kappa shape index (κ2) is 8.19. The molecule has 1 aliphatic heterocycles. The number of amides is 1. The van der Waals surface area contributed by atoms with E-state index in [1.165, 1.54) is 12.1 Å². The van der Waals surface area contributed by atoms with Crippen LogP contribution in [0, 0.1) is 0 Å². The van der Waals surface area contributed by atoms with Crippen LogP contribution in [0.25, 0.3) is 0 Å². The normalized spacial score (nSPS) is 21.7. The molecule has 2 aliphatic rings. The van der Waals surface area contributed by atoms with E-state index in [9.17, 15) is 18.0 Å². The van der Waals surface area contributed by atoms with E-state index in [-0.39, 0.29) is 5.91 Å². The summed E-state index contributed by atoms with van der Waals surface area (Å²) < 4.78 is 38.0. The van der Waals surface area contributed by atoms with Gasteiger partial charge in [0.15, 0.2) is 0 Å². The highest BCUT2D eigenvalue weighted by atomic mass is 19.4. The topological polar surface area (TPSA) is 49.6 Å². The van der Waals surface area contributed by atoms with E-state index in [0.717, 1.165) is 62.8 Å². The quantitative estimate of drug-likeness (QED) is 0.870. The van der Waals surface area contributed by atoms with Crippen LogP contribution in [0.5, 0.6) is 0 Å². The highest BCUT2D eigenvalue weighted by Crippen LogP contribution is 2.30. The highest BCUT2D eigenvalue weighted by Gasteiger charge is 2.38. The lowest BCUT2D eigenvalue weighted by atomic mass is 9.81. The number of benzene rings is 1. The molecule has 2 N–H and O–H groups in total. The van der Waals surface area contributed by atoms with Crippen LogP contribution < -0.4 is 5.73 Å². The molecule has 1 aromatic rings. The van der Waals surface area contributed by atoms with Gasteiger partial charge in [0.05, 0.1) is 11.1 Å². The van der Waals surface area contributed by atoms with Crippen molar-refractivity contribution in [3.63, 3.8) is 0 Å². The Morgan fingerprint density at radius 3 is 2.26 bits per heavy atom. The van der Waals surface area contributed by atoms with Gasteiger partial charge in [0.2, 0.25) is 5.91 Å². The molecule has 1 heterocycles. The lowest BCUT2D eigenvalue weighted by Crippen LogP contribution is -2.56. The number of hydrogen-bond acceptors (Lipinski definition) is 3. The van der Waals surface area contributed by atoms with Crippen LogP contribution in [0.4, 0.5) is 13.2 Å². The van der Waals surface area contributed by atoms with Gasteiger partial charge in [-0.25, -0.2) is 0 Å². The van der Waals surface area contributed by atoms with Gasteiger partial charge in [0.1, 0.15) is 0 Å². The zero-order valence-corrected chi connectivity index (χ0v) is 15.6. The van der Waals surface area contributed by atoms with Crippen molar-refractivity contribution in [2.45, 2.75) is 56.8 Å². The summed E-state index contributed by atoms with van der Waals surface area (Å²) in [6.07, 6.45) is 1.23. The number of nitrogens with two attached hydrogens (primary N) is 1. The van der Waals surface area contributed by atoms with Crippen LogP contribution in [0.15, 0.2) is 24.3 Å². The van der Waals surface area contributed by atoms with Crippen LogP contribution in [0.2, 0.25) is 0 Å². The van der Waals surface area contributed by atoms with Gasteiger partial charge in [-0.1, -0.05) is 31.4 Å². The SMILES string of the molecule is NC1(C(=O)N2CCCN(Cc3ccc(C(F)(F)F)cc3)CC2)CCCCC1. The molecule has 27 heavy (non-hydrogen) atoms. The maximum atomic E-state index is 12.9. The number of halogens is 3. The fourth-order valence-electron chi connectivity index (χ4n) is 4.10. The largest absolute Gasteiger partial charge is 0.416 e. The summed E-state index contributed by atoms with van der Waals surface area (Å²) in [6.45, 7) is 3.44. The zero-order valence-electron chi connectivity index (χ0n) is 15.6. The Morgan fingerprint density at radius 2 is 1.63 bits per heavy atom. The molecule has 7 heteroatoms. The third-order valence-corrected chi connectivity index (χ3v) is 5.73. The predicted molar refractivity (Wildman–Crippen MR) is 97.9 cm³/mol. The molecule has 1 saturated carbocycles. The molecule has 0 aromatic heterocycles. The van der Waals surface area contributed by atoms with Crippen molar-refractivity contribution < 1.29 is 18.0 Å². The van der Waals surface area contributed by atoms with Crippen LogP contribution >= 0.6 is 0 Å². The van der Waals surface area contributed by atoms with Crippen molar-refractivity contribution in [3.05, 3.63) is 35.4 Å². The van der Waals surface area contributed by atoms with E-state index < -0.39 is 17.3 Å². The monoisotopic (exact) mass is 383 g/mol. The molecule has 2 fully saturated rings. The maximum absolute atomic E-state index is 12.9. The fraction of sp³-hybridized carbons (Fsp3) is 0.650. The molecule has 1 amide bonds. The number of alkyl halides is 3. The predicted octanol–water partition coefficient (Wildman–Crippen LogP) is 3.40.